The van der Waals surface area contributed by atoms with Crippen LogP contribution in [0.5, 0.6) is 0 Å². The molecule has 2 unspecified atom stereocenters. The molecule has 1 aromatic carbocycles. The number of hydrogen-bond acceptors (Lipinski definition) is 4. The Morgan fingerprint density at radius 3 is 2.92 bits per heavy atom. The summed E-state index contributed by atoms with van der Waals surface area (Å²) in [5.41, 5.74) is 1.21. The molecule has 134 valence electrons. The van der Waals surface area contributed by atoms with E-state index in [0.29, 0.717) is 30.9 Å². The van der Waals surface area contributed by atoms with Crippen LogP contribution in [0.15, 0.2) is 30.3 Å². The second kappa shape index (κ2) is 10.3. The summed E-state index contributed by atoms with van der Waals surface area (Å²) in [6.07, 6.45) is 1.71. The van der Waals surface area contributed by atoms with Gasteiger partial charge in [0.25, 0.3) is 0 Å². The summed E-state index contributed by atoms with van der Waals surface area (Å²) in [7, 11) is 0. The quantitative estimate of drug-likeness (QED) is 0.835. The van der Waals surface area contributed by atoms with Gasteiger partial charge in [-0.15, -0.1) is 12.4 Å². The van der Waals surface area contributed by atoms with Crippen LogP contribution in [0, 0.1) is 5.92 Å². The monoisotopic (exact) mass is 370 g/mol. The molecule has 2 aliphatic heterocycles. The lowest BCUT2D eigenvalue weighted by molar-refractivity contribution is -0.130. The van der Waals surface area contributed by atoms with Gasteiger partial charge in [0.1, 0.15) is 0 Å². The van der Waals surface area contributed by atoms with E-state index in [0.717, 1.165) is 44.2 Å². The highest BCUT2D eigenvalue weighted by Gasteiger charge is 2.28. The molecule has 1 amide bonds. The lowest BCUT2D eigenvalue weighted by Gasteiger charge is -2.25. The molecular weight excluding hydrogens is 344 g/mol. The van der Waals surface area contributed by atoms with E-state index in [2.05, 4.69) is 17.4 Å². The number of likely N-dealkylation sites (tertiary alicyclic amines) is 1. The summed E-state index contributed by atoms with van der Waals surface area (Å²) in [5.74, 6) is 3.00. The molecule has 1 N–H and O–H groups in total. The van der Waals surface area contributed by atoms with Gasteiger partial charge in [0, 0.05) is 49.5 Å². The molecule has 1 aromatic rings. The minimum absolute atomic E-state index is 0. The predicted molar refractivity (Wildman–Crippen MR) is 102 cm³/mol. The summed E-state index contributed by atoms with van der Waals surface area (Å²) < 4.78 is 5.83. The van der Waals surface area contributed by atoms with Crippen LogP contribution in [0.1, 0.15) is 18.4 Å². The number of hydrogen-bond donors (Lipinski definition) is 1. The van der Waals surface area contributed by atoms with E-state index in [9.17, 15) is 4.79 Å². The van der Waals surface area contributed by atoms with Crippen LogP contribution in [-0.4, -0.2) is 54.6 Å². The molecule has 6 heteroatoms. The fourth-order valence-electron chi connectivity index (χ4n) is 3.20. The summed E-state index contributed by atoms with van der Waals surface area (Å²) >= 11 is 1.94. The Kier molecular flexibility index (Phi) is 8.39. The first-order valence-corrected chi connectivity index (χ1v) is 9.67. The van der Waals surface area contributed by atoms with Crippen molar-refractivity contribution in [2.75, 3.05) is 37.7 Å². The minimum atomic E-state index is 0. The van der Waals surface area contributed by atoms with Gasteiger partial charge in [0.15, 0.2) is 0 Å². The highest BCUT2D eigenvalue weighted by Crippen LogP contribution is 2.19. The normalized spacial score (nSPS) is 23.8. The second-order valence-electron chi connectivity index (χ2n) is 6.43. The number of nitrogens with zero attached hydrogens (tertiary/aromatic N) is 1. The molecule has 2 heterocycles. The molecule has 3 rings (SSSR count). The molecule has 0 saturated carbocycles. The molecule has 0 spiro atoms. The number of amides is 1. The Morgan fingerprint density at radius 2 is 2.17 bits per heavy atom. The van der Waals surface area contributed by atoms with E-state index in [-0.39, 0.29) is 12.4 Å². The van der Waals surface area contributed by atoms with Gasteiger partial charge in [-0.1, -0.05) is 30.3 Å². The molecule has 0 aromatic heterocycles. The van der Waals surface area contributed by atoms with Crippen LogP contribution in [0.25, 0.3) is 0 Å². The summed E-state index contributed by atoms with van der Waals surface area (Å²) in [6.45, 7) is 4.18. The first-order valence-electron chi connectivity index (χ1n) is 8.52. The number of carbonyl (C=O) groups is 1. The van der Waals surface area contributed by atoms with Gasteiger partial charge < -0.3 is 15.0 Å². The zero-order valence-corrected chi connectivity index (χ0v) is 15.6. The standard InChI is InChI=1S/C18H26N2O2S.ClH/c21-18(10-17-14-23-9-7-19-17)20-8-6-16(11-20)13-22-12-15-4-2-1-3-5-15;/h1-5,16-17,19H,6-14H2;1H. The lowest BCUT2D eigenvalue weighted by Crippen LogP contribution is -2.42. The lowest BCUT2D eigenvalue weighted by atomic mass is 10.1. The average molecular weight is 371 g/mol. The van der Waals surface area contributed by atoms with Crippen LogP contribution < -0.4 is 5.32 Å². The average Bonchev–Trinajstić information content (AvgIpc) is 3.06. The van der Waals surface area contributed by atoms with Crippen molar-refractivity contribution in [1.29, 1.82) is 0 Å². The van der Waals surface area contributed by atoms with Gasteiger partial charge >= 0.3 is 0 Å². The van der Waals surface area contributed by atoms with Crippen molar-refractivity contribution in [2.24, 2.45) is 5.92 Å². The van der Waals surface area contributed by atoms with Crippen LogP contribution >= 0.6 is 24.2 Å². The van der Waals surface area contributed by atoms with E-state index in [1.54, 1.807) is 0 Å². The van der Waals surface area contributed by atoms with E-state index in [4.69, 9.17) is 4.74 Å². The maximum Gasteiger partial charge on any atom is 0.224 e. The first kappa shape index (κ1) is 19.6. The molecule has 2 aliphatic rings. The smallest absolute Gasteiger partial charge is 0.224 e. The molecule has 2 atom stereocenters. The number of halogens is 1. The molecule has 0 radical (unpaired) electrons. The van der Waals surface area contributed by atoms with Crippen LogP contribution in [-0.2, 0) is 16.1 Å². The zero-order chi connectivity index (χ0) is 15.9. The van der Waals surface area contributed by atoms with Crippen molar-refractivity contribution in [3.63, 3.8) is 0 Å². The Labute approximate surface area is 155 Å². The number of nitrogens with one attached hydrogen (secondary N) is 1. The van der Waals surface area contributed by atoms with Gasteiger partial charge in [-0.3, -0.25) is 4.79 Å². The number of thioether (sulfide) groups is 1. The Morgan fingerprint density at radius 1 is 1.33 bits per heavy atom. The Balaban J connectivity index is 0.00000208. The second-order valence-corrected chi connectivity index (χ2v) is 7.58. The van der Waals surface area contributed by atoms with Crippen molar-refractivity contribution >= 4 is 30.1 Å². The van der Waals surface area contributed by atoms with Gasteiger partial charge in [-0.05, 0) is 12.0 Å². The van der Waals surface area contributed by atoms with Gasteiger partial charge in [0.2, 0.25) is 5.91 Å². The summed E-state index contributed by atoms with van der Waals surface area (Å²) in [4.78, 5) is 14.4. The van der Waals surface area contributed by atoms with E-state index < -0.39 is 0 Å². The third-order valence-corrected chi connectivity index (χ3v) is 5.65. The first-order chi connectivity index (χ1) is 11.3. The van der Waals surface area contributed by atoms with Crippen molar-refractivity contribution in [3.05, 3.63) is 35.9 Å². The fraction of sp³-hybridized carbons (Fsp3) is 0.611. The molecular formula is C18H27ClN2O2S. The van der Waals surface area contributed by atoms with Crippen LogP contribution in [0.2, 0.25) is 0 Å². The molecule has 0 bridgehead atoms. The van der Waals surface area contributed by atoms with E-state index >= 15 is 0 Å². The third-order valence-electron chi connectivity index (χ3n) is 4.52. The topological polar surface area (TPSA) is 41.6 Å². The van der Waals surface area contributed by atoms with Gasteiger partial charge in [-0.2, -0.15) is 11.8 Å². The van der Waals surface area contributed by atoms with Crippen LogP contribution in [0.4, 0.5) is 0 Å². The minimum Gasteiger partial charge on any atom is -0.376 e. The van der Waals surface area contributed by atoms with Gasteiger partial charge in [-0.25, -0.2) is 0 Å². The predicted octanol–water partition coefficient (Wildman–Crippen LogP) is 2.57. The van der Waals surface area contributed by atoms with Crippen LogP contribution in [0.3, 0.4) is 0 Å². The Bertz CT molecular complexity index is 497. The third kappa shape index (κ3) is 5.96. The van der Waals surface area contributed by atoms with E-state index in [1.807, 2.05) is 34.9 Å². The van der Waals surface area contributed by atoms with Crippen molar-refractivity contribution in [1.82, 2.24) is 10.2 Å². The highest BCUT2D eigenvalue weighted by atomic mass is 35.5. The molecule has 2 saturated heterocycles. The molecule has 0 aliphatic carbocycles. The largest absolute Gasteiger partial charge is 0.376 e. The Hall–Kier alpha value is -0.750. The van der Waals surface area contributed by atoms with Crippen molar-refractivity contribution < 1.29 is 9.53 Å². The molecule has 4 nitrogen and oxygen atoms in total. The summed E-state index contributed by atoms with van der Waals surface area (Å²) in [6, 6.07) is 10.6. The molecule has 2 fully saturated rings. The highest BCUT2D eigenvalue weighted by molar-refractivity contribution is 7.99. The number of rotatable bonds is 6. The molecule has 24 heavy (non-hydrogen) atoms. The van der Waals surface area contributed by atoms with Crippen molar-refractivity contribution in [2.45, 2.75) is 25.5 Å². The number of benzene rings is 1. The number of carbonyl (C=O) groups excluding carboxylic acids is 1. The van der Waals surface area contributed by atoms with Gasteiger partial charge in [0.05, 0.1) is 13.2 Å². The maximum absolute atomic E-state index is 12.4. The zero-order valence-electron chi connectivity index (χ0n) is 14.0. The van der Waals surface area contributed by atoms with E-state index in [1.165, 1.54) is 5.56 Å². The van der Waals surface area contributed by atoms with Crippen molar-refractivity contribution in [3.8, 4) is 0 Å². The maximum atomic E-state index is 12.4. The fourth-order valence-corrected chi connectivity index (χ4v) is 4.15. The summed E-state index contributed by atoms with van der Waals surface area (Å²) in [5, 5.41) is 3.44. The number of ether oxygens (including phenoxy) is 1. The SMILES string of the molecule is Cl.O=C(CC1CSCCN1)N1CCC(COCc2ccccc2)C1.